The van der Waals surface area contributed by atoms with E-state index in [1.807, 2.05) is 0 Å². The fourth-order valence-electron chi connectivity index (χ4n) is 2.48. The van der Waals surface area contributed by atoms with Crippen molar-refractivity contribution in [3.63, 3.8) is 0 Å². The van der Waals surface area contributed by atoms with Crippen LogP contribution in [0.2, 0.25) is 0 Å². The van der Waals surface area contributed by atoms with E-state index >= 15 is 0 Å². The molecule has 3 rings (SSSR count). The number of halogens is 1. The first-order valence-electron chi connectivity index (χ1n) is 6.71. The maximum atomic E-state index is 4.19. The molecule has 0 saturated heterocycles. The van der Waals surface area contributed by atoms with Crippen LogP contribution in [0.4, 0.5) is 0 Å². The van der Waals surface area contributed by atoms with Crippen LogP contribution in [0.1, 0.15) is 0 Å². The second-order valence-electron chi connectivity index (χ2n) is 4.85. The first-order chi connectivity index (χ1) is 10.1. The van der Waals surface area contributed by atoms with Crippen LogP contribution in [0.5, 0.6) is 0 Å². The zero-order valence-electron chi connectivity index (χ0n) is 11.3. The quantitative estimate of drug-likeness (QED) is 0.413. The van der Waals surface area contributed by atoms with Crippen LogP contribution >= 0.6 is 18.7 Å². The van der Waals surface area contributed by atoms with Crippen molar-refractivity contribution in [3.05, 3.63) is 91.0 Å². The van der Waals surface area contributed by atoms with Gasteiger partial charge in [0.05, 0.1) is 0 Å². The standard InChI is InChI=1S/C18H15BrP.Ag/c19-20(16-10-4-1-5-11-16,17-12-6-2-7-13-17)18-14-8-3-9-15-18;/h1-15H;/q+1;-1. The molecule has 0 bridgehead atoms. The van der Waals surface area contributed by atoms with E-state index in [0.717, 1.165) is 0 Å². The predicted octanol–water partition coefficient (Wildman–Crippen LogP) is 4.29. The summed E-state index contributed by atoms with van der Waals surface area (Å²) in [5.41, 5.74) is 0. The molecule has 3 aromatic carbocycles. The molecule has 0 N–H and O–H groups in total. The molecule has 0 heterocycles. The molecule has 0 atom stereocenters. The van der Waals surface area contributed by atoms with Crippen LogP contribution in [0, 0.1) is 0 Å². The first kappa shape index (κ1) is 15.2. The summed E-state index contributed by atoms with van der Waals surface area (Å²) in [5.74, 6) is 0. The third-order valence-corrected chi connectivity index (χ3v) is 14.2. The Labute approximate surface area is 145 Å². The predicted molar refractivity (Wildman–Crippen MR) is 94.1 cm³/mol. The van der Waals surface area contributed by atoms with Gasteiger partial charge in [0, 0.05) is 0 Å². The van der Waals surface area contributed by atoms with Gasteiger partial charge in [0.1, 0.15) is 0 Å². The topological polar surface area (TPSA) is 0 Å². The van der Waals surface area contributed by atoms with Crippen molar-refractivity contribution >= 4 is 34.6 Å². The maximum absolute atomic E-state index is 4.19. The molecule has 3 aromatic rings. The Morgan fingerprint density at radius 1 is 0.524 bits per heavy atom. The van der Waals surface area contributed by atoms with Gasteiger partial charge in [-0.1, -0.05) is 0 Å². The van der Waals surface area contributed by atoms with Gasteiger partial charge in [-0.15, -0.1) is 0 Å². The van der Waals surface area contributed by atoms with Crippen LogP contribution in [-0.4, -0.2) is 0 Å². The second kappa shape index (κ2) is 5.83. The van der Waals surface area contributed by atoms with Crippen molar-refractivity contribution in [1.29, 1.82) is 0 Å². The van der Waals surface area contributed by atoms with Crippen molar-refractivity contribution in [2.45, 2.75) is 0 Å². The summed E-state index contributed by atoms with van der Waals surface area (Å²) in [4.78, 5) is 0. The van der Waals surface area contributed by atoms with Gasteiger partial charge < -0.3 is 0 Å². The minimum atomic E-state index is -2.75. The average molecular weight is 450 g/mol. The van der Waals surface area contributed by atoms with Gasteiger partial charge in [0.2, 0.25) is 0 Å². The fourth-order valence-corrected chi connectivity index (χ4v) is 9.51. The van der Waals surface area contributed by atoms with Crippen LogP contribution in [0.3, 0.4) is 0 Å². The zero-order chi connectivity index (χ0) is 14.8. The van der Waals surface area contributed by atoms with E-state index in [2.05, 4.69) is 127 Å². The fraction of sp³-hybridized carbons (Fsp3) is 0. The molecule has 0 amide bonds. The molecule has 0 unspecified atom stereocenters. The van der Waals surface area contributed by atoms with Crippen molar-refractivity contribution in [2.75, 3.05) is 0 Å². The Morgan fingerprint density at radius 2 is 0.762 bits per heavy atom. The number of benzene rings is 3. The summed E-state index contributed by atoms with van der Waals surface area (Å²) in [7, 11) is 0. The normalized spacial score (nSPS) is 13.4. The molecule has 0 aliphatic heterocycles. The van der Waals surface area contributed by atoms with Crippen LogP contribution in [0.15, 0.2) is 91.0 Å². The number of rotatable bonds is 3. The molecule has 3 heteroatoms. The summed E-state index contributed by atoms with van der Waals surface area (Å²) in [6.07, 6.45) is 0. The summed E-state index contributed by atoms with van der Waals surface area (Å²) in [6, 6.07) is 31.8. The van der Waals surface area contributed by atoms with E-state index in [1.54, 1.807) is 0 Å². The summed E-state index contributed by atoms with van der Waals surface area (Å²) in [6.45, 7) is 0. The van der Waals surface area contributed by atoms with E-state index in [-0.39, 0.29) is 0 Å². The SMILES string of the molecule is Br[P]([Ag])(c1ccccc1)(c1ccccc1)c1ccccc1. The molecule has 0 fully saturated rings. The molecule has 0 aliphatic rings. The number of hydrogen-bond acceptors (Lipinski definition) is 0. The molecule has 0 saturated carbocycles. The summed E-state index contributed by atoms with van der Waals surface area (Å²) < 4.78 is -2.75. The molecule has 0 nitrogen and oxygen atoms in total. The Bertz CT molecular complexity index is 624. The Balaban J connectivity index is 2.36. The Morgan fingerprint density at radius 3 is 1.00 bits per heavy atom. The molecule has 0 spiro atoms. The van der Waals surface area contributed by atoms with Gasteiger partial charge >= 0.3 is 146 Å². The Hall–Kier alpha value is -0.690. The van der Waals surface area contributed by atoms with Gasteiger partial charge in [0.25, 0.3) is 0 Å². The van der Waals surface area contributed by atoms with Gasteiger partial charge in [-0.25, -0.2) is 0 Å². The van der Waals surface area contributed by atoms with Crippen LogP contribution in [0.25, 0.3) is 0 Å². The van der Waals surface area contributed by atoms with E-state index < -0.39 is 3.20 Å². The molecule has 0 aliphatic carbocycles. The molecular formula is C18H15AgBrP. The van der Waals surface area contributed by atoms with Crippen molar-refractivity contribution in [3.8, 4) is 0 Å². The van der Waals surface area contributed by atoms with Gasteiger partial charge in [-0.3, -0.25) is 0 Å². The third kappa shape index (κ3) is 2.59. The van der Waals surface area contributed by atoms with E-state index in [4.69, 9.17) is 0 Å². The molecule has 21 heavy (non-hydrogen) atoms. The number of hydrogen-bond donors (Lipinski definition) is 0. The zero-order valence-corrected chi connectivity index (χ0v) is 15.2. The average Bonchev–Trinajstić information content (AvgIpc) is 2.57. The van der Waals surface area contributed by atoms with Crippen molar-refractivity contribution < 1.29 is 20.5 Å². The molecule has 110 valence electrons. The summed E-state index contributed by atoms with van der Waals surface area (Å²) >= 11 is 8.35. The third-order valence-electron chi connectivity index (χ3n) is 3.57. The van der Waals surface area contributed by atoms with E-state index in [0.29, 0.717) is 0 Å². The van der Waals surface area contributed by atoms with Crippen LogP contribution in [-0.2, 0) is 20.5 Å². The van der Waals surface area contributed by atoms with Gasteiger partial charge in [0.15, 0.2) is 0 Å². The monoisotopic (exact) mass is 448 g/mol. The van der Waals surface area contributed by atoms with Crippen LogP contribution < -0.4 is 15.9 Å². The molecular weight excluding hydrogens is 435 g/mol. The van der Waals surface area contributed by atoms with Crippen molar-refractivity contribution in [1.82, 2.24) is 0 Å². The van der Waals surface area contributed by atoms with Gasteiger partial charge in [-0.2, -0.15) is 0 Å². The summed E-state index contributed by atoms with van der Waals surface area (Å²) in [5, 5.41) is 3.79. The van der Waals surface area contributed by atoms with E-state index in [9.17, 15) is 0 Å². The van der Waals surface area contributed by atoms with Crippen molar-refractivity contribution in [2.24, 2.45) is 0 Å². The minimum absolute atomic E-state index is 1.26. The molecule has 0 aromatic heterocycles. The van der Waals surface area contributed by atoms with Gasteiger partial charge in [-0.05, 0) is 0 Å². The first-order valence-corrected chi connectivity index (χ1v) is 12.8. The second-order valence-corrected chi connectivity index (χ2v) is 18.8. The molecule has 0 radical (unpaired) electrons. The van der Waals surface area contributed by atoms with E-state index in [1.165, 1.54) is 15.9 Å². The Kier molecular flexibility index (Phi) is 4.23.